The first-order valence-corrected chi connectivity index (χ1v) is 4.88. The van der Waals surface area contributed by atoms with Gasteiger partial charge in [0.05, 0.1) is 5.33 Å². The average Bonchev–Trinajstić information content (AvgIpc) is 2.02. The minimum absolute atomic E-state index is 0.0423. The normalized spacial score (nSPS) is 9.50. The Kier molecular flexibility index (Phi) is 6.20. The van der Waals surface area contributed by atoms with Crippen LogP contribution in [-0.4, -0.2) is 22.1 Å². The van der Waals surface area contributed by atoms with E-state index < -0.39 is 16.8 Å². The zero-order valence-corrected chi connectivity index (χ0v) is 8.65. The van der Waals surface area contributed by atoms with Gasteiger partial charge in [0.15, 0.2) is 5.78 Å². The molecule has 0 fully saturated rings. The first-order valence-electron chi connectivity index (χ1n) is 3.38. The van der Waals surface area contributed by atoms with E-state index in [1.807, 2.05) is 0 Å². The van der Waals surface area contributed by atoms with Crippen molar-refractivity contribution < 1.29 is 14.4 Å². The lowest BCUT2D eigenvalue weighted by molar-refractivity contribution is -0.135. The summed E-state index contributed by atoms with van der Waals surface area (Å²) in [5.41, 5.74) is 0. The number of carbonyl (C=O) groups is 3. The van der Waals surface area contributed by atoms with Gasteiger partial charge in [-0.05, 0) is 18.0 Å². The second kappa shape index (κ2) is 6.31. The quantitative estimate of drug-likeness (QED) is 0.410. The van der Waals surface area contributed by atoms with E-state index in [2.05, 4.69) is 15.9 Å². The topological polar surface area (TPSA) is 51.2 Å². The number of rotatable bonds is 6. The largest absolute Gasteiger partial charge is 0.291 e. The second-order valence-electron chi connectivity index (χ2n) is 2.19. The maximum atomic E-state index is 10.8. The number of alkyl halides is 1. The highest BCUT2D eigenvalue weighted by Crippen LogP contribution is 2.01. The fraction of sp³-hybridized carbons (Fsp3) is 0.571. The summed E-state index contributed by atoms with van der Waals surface area (Å²) in [6, 6.07) is 0. The van der Waals surface area contributed by atoms with Crippen LogP contribution in [-0.2, 0) is 14.4 Å². The molecule has 0 aromatic rings. The number of carbonyl (C=O) groups excluding carboxylic acids is 3. The van der Waals surface area contributed by atoms with Crippen LogP contribution in [0.3, 0.4) is 0 Å². The van der Waals surface area contributed by atoms with Crippen LogP contribution in [0, 0.1) is 0 Å². The molecular weight excluding hydrogens is 247 g/mol. The Labute approximate surface area is 83.6 Å². The van der Waals surface area contributed by atoms with Crippen molar-refractivity contribution in [3.05, 3.63) is 0 Å². The minimum Gasteiger partial charge on any atom is -0.291 e. The van der Waals surface area contributed by atoms with E-state index in [0.29, 0.717) is 6.42 Å². The minimum atomic E-state index is -0.478. The Balaban J connectivity index is 3.58. The molecule has 0 aliphatic carbocycles. The van der Waals surface area contributed by atoms with Crippen molar-refractivity contribution in [2.45, 2.75) is 19.3 Å². The molecule has 0 amide bonds. The van der Waals surface area contributed by atoms with Gasteiger partial charge in [0, 0.05) is 12.8 Å². The summed E-state index contributed by atoms with van der Waals surface area (Å²) in [5, 5.41) is -0.435. The highest BCUT2D eigenvalue weighted by molar-refractivity contribution is 9.09. The van der Waals surface area contributed by atoms with Crippen molar-refractivity contribution in [1.29, 1.82) is 0 Å². The van der Waals surface area contributed by atoms with Gasteiger partial charge in [-0.2, -0.15) is 0 Å². The fourth-order valence-corrected chi connectivity index (χ4v) is 1.05. The second-order valence-corrected chi connectivity index (χ2v) is 3.17. The third-order valence-corrected chi connectivity index (χ3v) is 1.91. The van der Waals surface area contributed by atoms with Crippen LogP contribution in [0.25, 0.3) is 0 Å². The van der Waals surface area contributed by atoms with E-state index in [1.54, 1.807) is 0 Å². The molecule has 0 bridgehead atoms. The van der Waals surface area contributed by atoms with Gasteiger partial charge < -0.3 is 0 Å². The summed E-state index contributed by atoms with van der Waals surface area (Å²) < 4.78 is 0. The Morgan fingerprint density at radius 1 is 1.08 bits per heavy atom. The molecular formula is C7H8BrClO3. The fourth-order valence-electron chi connectivity index (χ4n) is 0.602. The van der Waals surface area contributed by atoms with Crippen molar-refractivity contribution in [2.24, 2.45) is 0 Å². The lowest BCUT2D eigenvalue weighted by atomic mass is 10.1. The van der Waals surface area contributed by atoms with Crippen molar-refractivity contribution in [2.75, 3.05) is 5.33 Å². The Hall–Kier alpha value is -0.220. The van der Waals surface area contributed by atoms with Crippen LogP contribution >= 0.6 is 27.5 Å². The standard InChI is InChI=1S/C7H8BrClO3/c8-4-6(11)5(10)2-1-3-7(9)12/h1-4H2. The summed E-state index contributed by atoms with van der Waals surface area (Å²) in [7, 11) is 0. The van der Waals surface area contributed by atoms with Crippen LogP contribution in [0.2, 0.25) is 0 Å². The van der Waals surface area contributed by atoms with Gasteiger partial charge in [-0.25, -0.2) is 0 Å². The van der Waals surface area contributed by atoms with E-state index in [0.717, 1.165) is 0 Å². The molecule has 0 heterocycles. The molecule has 0 saturated heterocycles. The number of Topliss-reactive ketones (excluding diaryl/α,β-unsaturated/α-hetero) is 2. The van der Waals surface area contributed by atoms with E-state index in [9.17, 15) is 14.4 Å². The van der Waals surface area contributed by atoms with Gasteiger partial charge in [0.1, 0.15) is 0 Å². The zero-order chi connectivity index (χ0) is 9.56. The van der Waals surface area contributed by atoms with E-state index in [1.165, 1.54) is 0 Å². The maximum Gasteiger partial charge on any atom is 0.221 e. The highest BCUT2D eigenvalue weighted by Gasteiger charge is 2.11. The van der Waals surface area contributed by atoms with Gasteiger partial charge in [-0.1, -0.05) is 15.9 Å². The SMILES string of the molecule is O=C(Cl)CCCC(=O)C(=O)CBr. The molecule has 68 valence electrons. The summed E-state index contributed by atoms with van der Waals surface area (Å²) >= 11 is 7.90. The smallest absolute Gasteiger partial charge is 0.221 e. The predicted octanol–water partition coefficient (Wildman–Crippen LogP) is 1.46. The van der Waals surface area contributed by atoms with Crippen LogP contribution in [0.1, 0.15) is 19.3 Å². The summed E-state index contributed by atoms with van der Waals surface area (Å²) in [5.74, 6) is -0.915. The molecule has 0 radical (unpaired) electrons. The Bertz CT molecular complexity index is 203. The maximum absolute atomic E-state index is 10.8. The molecule has 0 rings (SSSR count). The molecule has 0 unspecified atom stereocenters. The molecule has 0 aromatic carbocycles. The van der Waals surface area contributed by atoms with Crippen molar-refractivity contribution in [3.8, 4) is 0 Å². The molecule has 5 heteroatoms. The van der Waals surface area contributed by atoms with Gasteiger partial charge in [0.25, 0.3) is 0 Å². The first-order chi connectivity index (χ1) is 5.57. The van der Waals surface area contributed by atoms with Crippen LogP contribution < -0.4 is 0 Å². The van der Waals surface area contributed by atoms with Gasteiger partial charge in [-0.3, -0.25) is 14.4 Å². The molecule has 0 aliphatic heterocycles. The van der Waals surface area contributed by atoms with E-state index >= 15 is 0 Å². The number of halogens is 2. The predicted molar refractivity (Wildman–Crippen MR) is 48.5 cm³/mol. The monoisotopic (exact) mass is 254 g/mol. The third kappa shape index (κ3) is 5.43. The number of hydrogen-bond donors (Lipinski definition) is 0. The van der Waals surface area contributed by atoms with Gasteiger partial charge in [-0.15, -0.1) is 0 Å². The average molecular weight is 255 g/mol. The molecule has 0 saturated carbocycles. The lowest BCUT2D eigenvalue weighted by Crippen LogP contribution is -2.14. The third-order valence-electron chi connectivity index (χ3n) is 1.21. The summed E-state index contributed by atoms with van der Waals surface area (Å²) in [6.45, 7) is 0. The molecule has 0 aromatic heterocycles. The molecule has 0 atom stereocenters. The molecule has 0 aliphatic rings. The van der Waals surface area contributed by atoms with Crippen LogP contribution in [0.15, 0.2) is 0 Å². The number of hydrogen-bond acceptors (Lipinski definition) is 3. The molecule has 12 heavy (non-hydrogen) atoms. The van der Waals surface area contributed by atoms with Gasteiger partial charge >= 0.3 is 0 Å². The summed E-state index contributed by atoms with van der Waals surface area (Å²) in [4.78, 5) is 31.7. The van der Waals surface area contributed by atoms with E-state index in [4.69, 9.17) is 11.6 Å². The summed E-state index contributed by atoms with van der Waals surface area (Å²) in [6.07, 6.45) is 0.589. The lowest BCUT2D eigenvalue weighted by Gasteiger charge is -1.94. The molecule has 3 nitrogen and oxygen atoms in total. The van der Waals surface area contributed by atoms with Crippen molar-refractivity contribution in [3.63, 3.8) is 0 Å². The number of ketones is 2. The van der Waals surface area contributed by atoms with Crippen molar-refractivity contribution >= 4 is 44.3 Å². The first kappa shape index (κ1) is 11.8. The van der Waals surface area contributed by atoms with Crippen LogP contribution in [0.5, 0.6) is 0 Å². The van der Waals surface area contributed by atoms with Crippen LogP contribution in [0.4, 0.5) is 0 Å². The molecule has 0 spiro atoms. The zero-order valence-electron chi connectivity index (χ0n) is 6.31. The highest BCUT2D eigenvalue weighted by atomic mass is 79.9. The van der Waals surface area contributed by atoms with Gasteiger partial charge in [0.2, 0.25) is 11.0 Å². The Morgan fingerprint density at radius 2 is 1.67 bits per heavy atom. The van der Waals surface area contributed by atoms with Crippen molar-refractivity contribution in [1.82, 2.24) is 0 Å². The van der Waals surface area contributed by atoms with E-state index in [-0.39, 0.29) is 18.2 Å². The molecule has 0 N–H and O–H groups in total. The Morgan fingerprint density at radius 3 is 2.08 bits per heavy atom.